The first-order valence-electron chi connectivity index (χ1n) is 5.89. The molecular weight excluding hydrogens is 250 g/mol. The van der Waals surface area contributed by atoms with Crippen molar-refractivity contribution in [1.82, 2.24) is 4.90 Å². The van der Waals surface area contributed by atoms with Crippen molar-refractivity contribution in [3.05, 3.63) is 23.8 Å². The Bertz CT molecular complexity index is 516. The van der Waals surface area contributed by atoms with Crippen LogP contribution >= 0.6 is 0 Å². The lowest BCUT2D eigenvalue weighted by atomic mass is 9.90. The first kappa shape index (κ1) is 13.2. The Morgan fingerprint density at radius 2 is 2.16 bits per heavy atom. The lowest BCUT2D eigenvalue weighted by Crippen LogP contribution is -2.49. The van der Waals surface area contributed by atoms with Gasteiger partial charge in [-0.3, -0.25) is 4.79 Å². The van der Waals surface area contributed by atoms with Crippen LogP contribution in [0.2, 0.25) is 0 Å². The number of carbonyl (C=O) groups is 2. The summed E-state index contributed by atoms with van der Waals surface area (Å²) in [6.45, 7) is 3.63. The van der Waals surface area contributed by atoms with Crippen LogP contribution in [0, 0.1) is 0 Å². The molecule has 6 heteroatoms. The number of carboxylic acids is 1. The van der Waals surface area contributed by atoms with Crippen molar-refractivity contribution in [3.63, 3.8) is 0 Å². The Labute approximate surface area is 110 Å². The Kier molecular flexibility index (Phi) is 3.33. The summed E-state index contributed by atoms with van der Waals surface area (Å²) in [5, 5.41) is 9.49. The summed E-state index contributed by atoms with van der Waals surface area (Å²) in [5.74, 6) is -0.0297. The normalized spacial score (nSPS) is 15.7. The van der Waals surface area contributed by atoms with Gasteiger partial charge in [-0.25, -0.2) is 4.79 Å². The van der Waals surface area contributed by atoms with Crippen molar-refractivity contribution in [1.29, 1.82) is 0 Å². The topological polar surface area (TPSA) is 76.1 Å². The zero-order valence-corrected chi connectivity index (χ0v) is 10.8. The lowest BCUT2D eigenvalue weighted by Gasteiger charge is -2.34. The van der Waals surface area contributed by atoms with Crippen molar-refractivity contribution >= 4 is 12.4 Å². The van der Waals surface area contributed by atoms with E-state index < -0.39 is 11.5 Å². The van der Waals surface area contributed by atoms with Crippen molar-refractivity contribution in [3.8, 4) is 11.5 Å². The SMILES string of the molecule is CCN(C=O)C(C)(C(=O)O)c1ccc2c(c1)OCO2. The van der Waals surface area contributed by atoms with E-state index in [1.165, 1.54) is 11.8 Å². The standard InChI is InChI=1S/C13H15NO5/c1-3-14(7-15)13(2,12(16)17)9-4-5-10-11(6-9)19-8-18-10/h4-7H,3,8H2,1-2H3,(H,16,17). The number of rotatable bonds is 5. The summed E-state index contributed by atoms with van der Waals surface area (Å²) in [6.07, 6.45) is 0.540. The molecule has 0 aliphatic carbocycles. The smallest absolute Gasteiger partial charge is 0.334 e. The number of likely N-dealkylation sites (N-methyl/N-ethyl adjacent to an activating group) is 1. The number of amides is 1. The van der Waals surface area contributed by atoms with Crippen LogP contribution in [0.1, 0.15) is 19.4 Å². The van der Waals surface area contributed by atoms with Gasteiger partial charge in [0.05, 0.1) is 0 Å². The maximum Gasteiger partial charge on any atom is 0.334 e. The number of hydrogen-bond acceptors (Lipinski definition) is 4. The van der Waals surface area contributed by atoms with Gasteiger partial charge in [-0.2, -0.15) is 0 Å². The monoisotopic (exact) mass is 265 g/mol. The van der Waals surface area contributed by atoms with Crippen molar-refractivity contribution in [2.24, 2.45) is 0 Å². The van der Waals surface area contributed by atoms with E-state index in [9.17, 15) is 14.7 Å². The molecule has 0 radical (unpaired) electrons. The number of hydrogen-bond donors (Lipinski definition) is 1. The Balaban J connectivity index is 2.50. The molecule has 1 amide bonds. The Morgan fingerprint density at radius 1 is 1.47 bits per heavy atom. The van der Waals surface area contributed by atoms with Gasteiger partial charge >= 0.3 is 5.97 Å². The number of carboxylic acid groups (broad SMARTS) is 1. The molecule has 0 fully saturated rings. The summed E-state index contributed by atoms with van der Waals surface area (Å²) in [6, 6.07) is 4.88. The highest BCUT2D eigenvalue weighted by molar-refractivity contribution is 5.83. The highest BCUT2D eigenvalue weighted by Gasteiger charge is 2.41. The van der Waals surface area contributed by atoms with E-state index in [2.05, 4.69) is 0 Å². The molecule has 1 aromatic rings. The third-order valence-electron chi connectivity index (χ3n) is 3.39. The number of benzene rings is 1. The molecule has 0 saturated heterocycles. The fourth-order valence-electron chi connectivity index (χ4n) is 2.11. The first-order chi connectivity index (χ1) is 9.03. The Hall–Kier alpha value is -2.24. The number of ether oxygens (including phenoxy) is 2. The van der Waals surface area contributed by atoms with Crippen molar-refractivity contribution in [2.45, 2.75) is 19.4 Å². The van der Waals surface area contributed by atoms with Gasteiger partial charge in [0.2, 0.25) is 13.2 Å². The van der Waals surface area contributed by atoms with Crippen LogP contribution in [0.15, 0.2) is 18.2 Å². The number of nitrogens with zero attached hydrogens (tertiary/aromatic N) is 1. The van der Waals surface area contributed by atoms with Gasteiger partial charge in [0.25, 0.3) is 0 Å². The summed E-state index contributed by atoms with van der Waals surface area (Å²) in [4.78, 5) is 23.9. The van der Waals surface area contributed by atoms with Gasteiger partial charge in [-0.1, -0.05) is 6.07 Å². The first-order valence-corrected chi connectivity index (χ1v) is 5.89. The van der Waals surface area contributed by atoms with Crippen LogP contribution < -0.4 is 9.47 Å². The highest BCUT2D eigenvalue weighted by atomic mass is 16.7. The molecule has 0 bridgehead atoms. The minimum atomic E-state index is -1.43. The summed E-state index contributed by atoms with van der Waals surface area (Å²) in [7, 11) is 0. The van der Waals surface area contributed by atoms with E-state index >= 15 is 0 Å². The van der Waals surface area contributed by atoms with Crippen LogP contribution in [-0.4, -0.2) is 35.7 Å². The number of carbonyl (C=O) groups excluding carboxylic acids is 1. The van der Waals surface area contributed by atoms with Crippen molar-refractivity contribution in [2.75, 3.05) is 13.3 Å². The molecule has 6 nitrogen and oxygen atoms in total. The van der Waals surface area contributed by atoms with Crippen molar-refractivity contribution < 1.29 is 24.2 Å². The molecule has 1 aromatic carbocycles. The zero-order chi connectivity index (χ0) is 14.0. The molecule has 1 aliphatic rings. The Morgan fingerprint density at radius 3 is 2.74 bits per heavy atom. The number of fused-ring (bicyclic) bond motifs is 1. The molecule has 1 aliphatic heterocycles. The zero-order valence-electron chi connectivity index (χ0n) is 10.8. The molecule has 0 spiro atoms. The minimum absolute atomic E-state index is 0.119. The molecule has 0 aromatic heterocycles. The minimum Gasteiger partial charge on any atom is -0.479 e. The number of aliphatic carboxylic acids is 1. The highest BCUT2D eigenvalue weighted by Crippen LogP contribution is 2.37. The quantitative estimate of drug-likeness (QED) is 0.809. The molecule has 19 heavy (non-hydrogen) atoms. The van der Waals surface area contributed by atoms with Gasteiger partial charge in [0.15, 0.2) is 17.0 Å². The second-order valence-corrected chi connectivity index (χ2v) is 4.34. The van der Waals surface area contributed by atoms with Gasteiger partial charge in [0, 0.05) is 6.54 Å². The van der Waals surface area contributed by atoms with E-state index in [0.29, 0.717) is 30.0 Å². The fourth-order valence-corrected chi connectivity index (χ4v) is 2.11. The van der Waals surface area contributed by atoms with E-state index in [1.807, 2.05) is 0 Å². The molecule has 102 valence electrons. The van der Waals surface area contributed by atoms with Crippen LogP contribution in [-0.2, 0) is 15.1 Å². The average Bonchev–Trinajstić information content (AvgIpc) is 2.86. The largest absolute Gasteiger partial charge is 0.479 e. The molecule has 1 unspecified atom stereocenters. The predicted molar refractivity (Wildman–Crippen MR) is 66.0 cm³/mol. The van der Waals surface area contributed by atoms with Gasteiger partial charge in [0.1, 0.15) is 0 Å². The molecule has 0 saturated carbocycles. The third kappa shape index (κ3) is 1.99. The molecular formula is C13H15NO5. The van der Waals surface area contributed by atoms with E-state index in [-0.39, 0.29) is 6.79 Å². The summed E-state index contributed by atoms with van der Waals surface area (Å²) >= 11 is 0. The van der Waals surface area contributed by atoms with E-state index in [4.69, 9.17) is 9.47 Å². The summed E-state index contributed by atoms with van der Waals surface area (Å²) < 4.78 is 10.4. The van der Waals surface area contributed by atoms with Crippen LogP contribution in [0.5, 0.6) is 11.5 Å². The molecule has 1 N–H and O–H groups in total. The van der Waals surface area contributed by atoms with Crippen LogP contribution in [0.25, 0.3) is 0 Å². The maximum absolute atomic E-state index is 11.6. The van der Waals surface area contributed by atoms with Gasteiger partial charge in [-0.15, -0.1) is 0 Å². The molecule has 1 atom stereocenters. The van der Waals surface area contributed by atoms with Gasteiger partial charge < -0.3 is 19.5 Å². The van der Waals surface area contributed by atoms with Crippen LogP contribution in [0.3, 0.4) is 0 Å². The van der Waals surface area contributed by atoms with Crippen LogP contribution in [0.4, 0.5) is 0 Å². The maximum atomic E-state index is 11.6. The van der Waals surface area contributed by atoms with E-state index in [0.717, 1.165) is 0 Å². The summed E-state index contributed by atoms with van der Waals surface area (Å²) in [5.41, 5.74) is -0.962. The molecule has 1 heterocycles. The van der Waals surface area contributed by atoms with Gasteiger partial charge in [-0.05, 0) is 31.5 Å². The molecule has 2 rings (SSSR count). The second kappa shape index (κ2) is 4.79. The van der Waals surface area contributed by atoms with E-state index in [1.54, 1.807) is 25.1 Å². The fraction of sp³-hybridized carbons (Fsp3) is 0.385. The lowest BCUT2D eigenvalue weighted by molar-refractivity contribution is -0.154. The average molecular weight is 265 g/mol. The second-order valence-electron chi connectivity index (χ2n) is 4.34. The third-order valence-corrected chi connectivity index (χ3v) is 3.39. The predicted octanol–water partition coefficient (Wildman–Crippen LogP) is 1.19.